The van der Waals surface area contributed by atoms with Gasteiger partial charge in [0.15, 0.2) is 0 Å². The molecule has 1 rings (SSSR count). The van der Waals surface area contributed by atoms with E-state index in [2.05, 4.69) is 45.9 Å². The van der Waals surface area contributed by atoms with Crippen LogP contribution in [0.3, 0.4) is 0 Å². The second-order valence-electron chi connectivity index (χ2n) is 4.24. The van der Waals surface area contributed by atoms with Gasteiger partial charge >= 0.3 is 0 Å². The second-order valence-corrected chi connectivity index (χ2v) is 4.24. The zero-order valence-electron chi connectivity index (χ0n) is 9.93. The zero-order chi connectivity index (χ0) is 10.6. The lowest BCUT2D eigenvalue weighted by atomic mass is 9.90. The molecule has 0 N–H and O–H groups in total. The average molecular weight is 190 g/mol. The molecule has 0 spiro atoms. The molecule has 1 unspecified atom stereocenters. The van der Waals surface area contributed by atoms with Gasteiger partial charge in [0.25, 0.3) is 0 Å². The van der Waals surface area contributed by atoms with Crippen molar-refractivity contribution in [2.24, 2.45) is 0 Å². The Morgan fingerprint density at radius 1 is 1.07 bits per heavy atom. The third-order valence-electron chi connectivity index (χ3n) is 3.13. The van der Waals surface area contributed by atoms with Gasteiger partial charge in [-0.1, -0.05) is 38.5 Å². The van der Waals surface area contributed by atoms with Gasteiger partial charge in [-0.25, -0.2) is 0 Å². The van der Waals surface area contributed by atoms with E-state index in [0.717, 1.165) is 5.92 Å². The molecule has 1 atom stereocenters. The molecule has 0 radical (unpaired) electrons. The molecule has 0 heterocycles. The highest BCUT2D eigenvalue weighted by Crippen LogP contribution is 2.26. The summed E-state index contributed by atoms with van der Waals surface area (Å²) in [5, 5.41) is 0. The molecular formula is C14H22. The molecule has 0 aliphatic carbocycles. The first-order valence-electron chi connectivity index (χ1n) is 5.76. The summed E-state index contributed by atoms with van der Waals surface area (Å²) in [6, 6.07) is 6.91. The molecule has 0 saturated heterocycles. The summed E-state index contributed by atoms with van der Waals surface area (Å²) < 4.78 is 0. The smallest absolute Gasteiger partial charge is 0.0165 e. The van der Waals surface area contributed by atoms with Gasteiger partial charge in [0, 0.05) is 0 Å². The van der Waals surface area contributed by atoms with Crippen LogP contribution in [-0.2, 0) is 0 Å². The highest BCUT2D eigenvalue weighted by molar-refractivity contribution is 5.31. The molecule has 0 aliphatic rings. The third kappa shape index (κ3) is 2.60. The van der Waals surface area contributed by atoms with Crippen LogP contribution in [0, 0.1) is 13.8 Å². The van der Waals surface area contributed by atoms with Crippen LogP contribution in [0.25, 0.3) is 0 Å². The van der Waals surface area contributed by atoms with Gasteiger partial charge in [0.2, 0.25) is 0 Å². The number of hydrogen-bond acceptors (Lipinski definition) is 0. The quantitative estimate of drug-likeness (QED) is 0.651. The Kier molecular flexibility index (Phi) is 4.19. The Balaban J connectivity index is 2.88. The normalized spacial score (nSPS) is 12.9. The minimum Gasteiger partial charge on any atom is -0.0654 e. The predicted molar refractivity (Wildman–Crippen MR) is 63.9 cm³/mol. The molecule has 1 aromatic carbocycles. The summed E-state index contributed by atoms with van der Waals surface area (Å²) in [6.07, 6.45) is 3.86. The van der Waals surface area contributed by atoms with Gasteiger partial charge in [-0.2, -0.15) is 0 Å². The van der Waals surface area contributed by atoms with Crippen molar-refractivity contribution in [3.63, 3.8) is 0 Å². The van der Waals surface area contributed by atoms with Crippen molar-refractivity contribution in [2.45, 2.75) is 52.9 Å². The van der Waals surface area contributed by atoms with Crippen molar-refractivity contribution in [2.75, 3.05) is 0 Å². The van der Waals surface area contributed by atoms with Gasteiger partial charge in [0.05, 0.1) is 0 Å². The predicted octanol–water partition coefficient (Wildman–Crippen LogP) is 4.60. The van der Waals surface area contributed by atoms with Crippen LogP contribution in [0.5, 0.6) is 0 Å². The first-order chi connectivity index (χ1) is 6.69. The van der Waals surface area contributed by atoms with Crippen molar-refractivity contribution in [3.8, 4) is 0 Å². The maximum absolute atomic E-state index is 2.36. The van der Waals surface area contributed by atoms with E-state index < -0.39 is 0 Å². The molecular weight excluding hydrogens is 168 g/mol. The van der Waals surface area contributed by atoms with Crippen molar-refractivity contribution in [1.82, 2.24) is 0 Å². The minimum atomic E-state index is 0.763. The molecule has 0 aliphatic heterocycles. The fourth-order valence-corrected chi connectivity index (χ4v) is 1.97. The minimum absolute atomic E-state index is 0.763. The number of benzene rings is 1. The first kappa shape index (κ1) is 11.3. The Labute approximate surface area is 88.4 Å². The Bertz CT molecular complexity index is 286. The van der Waals surface area contributed by atoms with E-state index in [-0.39, 0.29) is 0 Å². The molecule has 0 amide bonds. The van der Waals surface area contributed by atoms with Crippen LogP contribution in [-0.4, -0.2) is 0 Å². The molecule has 0 nitrogen and oxygen atoms in total. The summed E-state index contributed by atoms with van der Waals surface area (Å²) in [4.78, 5) is 0. The van der Waals surface area contributed by atoms with Crippen LogP contribution in [0.4, 0.5) is 0 Å². The molecule has 0 bridgehead atoms. The van der Waals surface area contributed by atoms with E-state index in [1.807, 2.05) is 0 Å². The number of aryl methyl sites for hydroxylation is 2. The van der Waals surface area contributed by atoms with Gasteiger partial charge < -0.3 is 0 Å². The Hall–Kier alpha value is -0.780. The summed E-state index contributed by atoms with van der Waals surface area (Å²) in [5.74, 6) is 0.763. The van der Waals surface area contributed by atoms with E-state index in [0.29, 0.717) is 0 Å². The summed E-state index contributed by atoms with van der Waals surface area (Å²) >= 11 is 0. The van der Waals surface area contributed by atoms with Gasteiger partial charge in [0.1, 0.15) is 0 Å². The fourth-order valence-electron chi connectivity index (χ4n) is 1.97. The molecule has 0 fully saturated rings. The van der Waals surface area contributed by atoms with Crippen LogP contribution >= 0.6 is 0 Å². The first-order valence-corrected chi connectivity index (χ1v) is 5.76. The van der Waals surface area contributed by atoms with Crippen molar-refractivity contribution < 1.29 is 0 Å². The maximum atomic E-state index is 2.36. The molecule has 1 aromatic rings. The van der Waals surface area contributed by atoms with Crippen LogP contribution in [0.15, 0.2) is 18.2 Å². The Morgan fingerprint density at radius 3 is 2.29 bits per heavy atom. The van der Waals surface area contributed by atoms with E-state index in [4.69, 9.17) is 0 Å². The lowest BCUT2D eigenvalue weighted by molar-refractivity contribution is 0.595. The van der Waals surface area contributed by atoms with E-state index in [1.54, 1.807) is 0 Å². The van der Waals surface area contributed by atoms with E-state index in [9.17, 15) is 0 Å². The lowest BCUT2D eigenvalue weighted by Crippen LogP contribution is -1.97. The van der Waals surface area contributed by atoms with Crippen LogP contribution < -0.4 is 0 Å². The average Bonchev–Trinajstić information content (AvgIpc) is 2.19. The van der Waals surface area contributed by atoms with Crippen molar-refractivity contribution >= 4 is 0 Å². The van der Waals surface area contributed by atoms with Crippen molar-refractivity contribution in [1.29, 1.82) is 0 Å². The molecule has 0 saturated carbocycles. The number of rotatable bonds is 4. The van der Waals surface area contributed by atoms with E-state index in [1.165, 1.54) is 36.0 Å². The lowest BCUT2D eigenvalue weighted by Gasteiger charge is -2.15. The topological polar surface area (TPSA) is 0 Å². The van der Waals surface area contributed by atoms with Crippen molar-refractivity contribution in [3.05, 3.63) is 34.9 Å². The monoisotopic (exact) mass is 190 g/mol. The highest BCUT2D eigenvalue weighted by atomic mass is 14.1. The SMILES string of the molecule is CCCC(CC)c1ccc(C)c(C)c1. The molecule has 0 aromatic heterocycles. The van der Waals surface area contributed by atoms with Crippen LogP contribution in [0.2, 0.25) is 0 Å². The maximum Gasteiger partial charge on any atom is -0.0165 e. The third-order valence-corrected chi connectivity index (χ3v) is 3.13. The van der Waals surface area contributed by atoms with Gasteiger partial charge in [-0.05, 0) is 49.3 Å². The second kappa shape index (κ2) is 5.19. The van der Waals surface area contributed by atoms with Gasteiger partial charge in [-0.3, -0.25) is 0 Å². The zero-order valence-corrected chi connectivity index (χ0v) is 9.93. The molecule has 14 heavy (non-hydrogen) atoms. The fraction of sp³-hybridized carbons (Fsp3) is 0.571. The summed E-state index contributed by atoms with van der Waals surface area (Å²) in [6.45, 7) is 8.94. The molecule has 78 valence electrons. The van der Waals surface area contributed by atoms with Gasteiger partial charge in [-0.15, -0.1) is 0 Å². The largest absolute Gasteiger partial charge is 0.0654 e. The highest BCUT2D eigenvalue weighted by Gasteiger charge is 2.08. The number of hydrogen-bond donors (Lipinski definition) is 0. The Morgan fingerprint density at radius 2 is 1.79 bits per heavy atom. The standard InChI is InChI=1S/C14H22/c1-5-7-13(6-2)14-9-8-11(3)12(4)10-14/h8-10,13H,5-7H2,1-4H3. The molecule has 0 heteroatoms. The summed E-state index contributed by atoms with van der Waals surface area (Å²) in [5.41, 5.74) is 4.36. The summed E-state index contributed by atoms with van der Waals surface area (Å²) in [7, 11) is 0. The van der Waals surface area contributed by atoms with Crippen LogP contribution in [0.1, 0.15) is 55.7 Å². The van der Waals surface area contributed by atoms with E-state index >= 15 is 0 Å².